The molecule has 0 aliphatic rings. The van der Waals surface area contributed by atoms with Crippen LogP contribution in [0.15, 0.2) is 54.9 Å². The summed E-state index contributed by atoms with van der Waals surface area (Å²) in [6.07, 6.45) is 8.07. The number of pyridine rings is 1. The van der Waals surface area contributed by atoms with Gasteiger partial charge in [-0.15, -0.1) is 0 Å². The minimum atomic E-state index is -0.352. The number of rotatable bonds is 10. The predicted molar refractivity (Wildman–Crippen MR) is 101 cm³/mol. The molecule has 1 aromatic carbocycles. The zero-order valence-electron chi connectivity index (χ0n) is 15.7. The van der Waals surface area contributed by atoms with E-state index < -0.39 is 0 Å². The van der Waals surface area contributed by atoms with Crippen molar-refractivity contribution in [3.8, 4) is 0 Å². The molecule has 1 heterocycles. The monoisotopic (exact) mass is 434 g/mol. The number of unbranched alkanes of at least 4 members (excludes halogenated alkanes) is 2. The van der Waals surface area contributed by atoms with Crippen LogP contribution in [-0.4, -0.2) is 18.5 Å². The Morgan fingerprint density at radius 2 is 1.81 bits per heavy atom. The molecule has 1 aromatic heterocycles. The van der Waals surface area contributed by atoms with Gasteiger partial charge in [-0.1, -0.05) is 25.5 Å². The summed E-state index contributed by atoms with van der Waals surface area (Å²) in [7, 11) is 0. The molecule has 0 radical (unpaired) electrons. The van der Waals surface area contributed by atoms with Gasteiger partial charge in [-0.2, -0.15) is 0 Å². The van der Waals surface area contributed by atoms with Crippen LogP contribution in [0, 0.1) is 0 Å². The molecule has 6 heteroatoms. The van der Waals surface area contributed by atoms with Gasteiger partial charge in [-0.25, -0.2) is 9.36 Å². The van der Waals surface area contributed by atoms with E-state index in [0.717, 1.165) is 32.2 Å². The predicted octanol–water partition coefficient (Wildman–Crippen LogP) is 0.744. The molecule has 1 amide bonds. The van der Waals surface area contributed by atoms with Crippen LogP contribution in [0.1, 0.15) is 49.4 Å². The molecule has 0 saturated heterocycles. The third kappa shape index (κ3) is 8.82. The van der Waals surface area contributed by atoms with Gasteiger partial charge in [0.25, 0.3) is 0 Å². The Balaban J connectivity index is 0.00000364. The normalized spacial score (nSPS) is 9.96. The van der Waals surface area contributed by atoms with E-state index in [1.54, 1.807) is 24.3 Å². The quantitative estimate of drug-likeness (QED) is 0.341. The van der Waals surface area contributed by atoms with Gasteiger partial charge in [0.1, 0.15) is 6.54 Å². The summed E-state index contributed by atoms with van der Waals surface area (Å²) >= 11 is 0. The van der Waals surface area contributed by atoms with Crippen molar-refractivity contribution in [3.05, 3.63) is 60.4 Å². The number of hydrogen-bond acceptors (Lipinski definition) is 3. The fourth-order valence-electron chi connectivity index (χ4n) is 2.50. The third-order valence-corrected chi connectivity index (χ3v) is 3.96. The number of hydrogen-bond donors (Lipinski definition) is 1. The summed E-state index contributed by atoms with van der Waals surface area (Å²) < 4.78 is 7.30. The van der Waals surface area contributed by atoms with Crippen molar-refractivity contribution < 1.29 is 35.9 Å². The lowest BCUT2D eigenvalue weighted by Gasteiger charge is -2.08. The summed E-state index contributed by atoms with van der Waals surface area (Å²) in [6.45, 7) is 3.36. The molecule has 0 saturated carbocycles. The lowest BCUT2D eigenvalue weighted by molar-refractivity contribution is -0.697. The van der Waals surface area contributed by atoms with Gasteiger partial charge in [-0.05, 0) is 31.0 Å². The van der Waals surface area contributed by atoms with E-state index in [-0.39, 0.29) is 28.9 Å². The highest BCUT2D eigenvalue weighted by Gasteiger charge is 2.09. The van der Waals surface area contributed by atoms with Gasteiger partial charge in [0, 0.05) is 30.7 Å². The molecule has 5 nitrogen and oxygen atoms in total. The fourth-order valence-corrected chi connectivity index (χ4v) is 2.50. The van der Waals surface area contributed by atoms with Gasteiger partial charge in [0.15, 0.2) is 12.4 Å². The summed E-state index contributed by atoms with van der Waals surface area (Å²) in [4.78, 5) is 24.0. The van der Waals surface area contributed by atoms with Crippen molar-refractivity contribution in [3.63, 3.8) is 0 Å². The van der Waals surface area contributed by atoms with Gasteiger partial charge in [0.2, 0.25) is 5.91 Å². The van der Waals surface area contributed by atoms with E-state index in [2.05, 4.69) is 9.88 Å². The summed E-state index contributed by atoms with van der Waals surface area (Å²) in [6, 6.07) is 12.9. The number of carbonyl (C=O) groups excluding carboxylic acids is 2. The number of aryl methyl sites for hydroxylation is 1. The molecule has 0 aliphatic heterocycles. The maximum atomic E-state index is 12.1. The molecule has 0 spiro atoms. The highest BCUT2D eigenvalue weighted by molar-refractivity contribution is 5.94. The molecule has 0 unspecified atom stereocenters. The topological polar surface area (TPSA) is 59.3 Å². The molecular weight excluding hydrogens is 408 g/mol. The number of esters is 1. The Morgan fingerprint density at radius 3 is 2.56 bits per heavy atom. The highest BCUT2D eigenvalue weighted by Crippen LogP contribution is 2.13. The van der Waals surface area contributed by atoms with Crippen LogP contribution >= 0.6 is 0 Å². The van der Waals surface area contributed by atoms with E-state index in [0.29, 0.717) is 24.3 Å². The molecule has 0 aliphatic carbocycles. The minimum absolute atomic E-state index is 0. The molecule has 0 atom stereocenters. The van der Waals surface area contributed by atoms with Crippen LogP contribution in [0.3, 0.4) is 0 Å². The summed E-state index contributed by atoms with van der Waals surface area (Å²) in [5, 5.41) is 2.85. The first-order valence-corrected chi connectivity index (χ1v) is 9.20. The second-order valence-corrected chi connectivity index (χ2v) is 6.19. The van der Waals surface area contributed by atoms with E-state index in [9.17, 15) is 9.59 Å². The molecule has 146 valence electrons. The molecule has 27 heavy (non-hydrogen) atoms. The van der Waals surface area contributed by atoms with Crippen LogP contribution in [-0.2, 0) is 16.1 Å². The number of benzene rings is 1. The van der Waals surface area contributed by atoms with E-state index >= 15 is 0 Å². The number of anilines is 1. The SMILES string of the molecule is CCCCOC(=O)c1cccc(NC(=O)CCCC[n+]2ccccc2)c1.[Br-]. The zero-order chi connectivity index (χ0) is 18.6. The van der Waals surface area contributed by atoms with Crippen molar-refractivity contribution in [2.45, 2.75) is 45.6 Å². The first kappa shape index (κ1) is 22.8. The number of nitrogens with zero attached hydrogens (tertiary/aromatic N) is 1. The van der Waals surface area contributed by atoms with Crippen molar-refractivity contribution in [2.24, 2.45) is 0 Å². The number of aromatic nitrogens is 1. The van der Waals surface area contributed by atoms with E-state index in [4.69, 9.17) is 4.74 Å². The van der Waals surface area contributed by atoms with Gasteiger partial charge in [0.05, 0.1) is 12.2 Å². The van der Waals surface area contributed by atoms with Crippen molar-refractivity contribution in [1.29, 1.82) is 0 Å². The van der Waals surface area contributed by atoms with Gasteiger partial charge >= 0.3 is 5.97 Å². The number of ether oxygens (including phenoxy) is 1. The second-order valence-electron chi connectivity index (χ2n) is 6.19. The number of halogens is 1. The highest BCUT2D eigenvalue weighted by atomic mass is 79.9. The number of carbonyl (C=O) groups is 2. The van der Waals surface area contributed by atoms with Crippen LogP contribution < -0.4 is 26.9 Å². The lowest BCUT2D eigenvalue weighted by Crippen LogP contribution is -3.00. The van der Waals surface area contributed by atoms with Crippen molar-refractivity contribution in [2.75, 3.05) is 11.9 Å². The molecule has 1 N–H and O–H groups in total. The average Bonchev–Trinajstić information content (AvgIpc) is 2.66. The Kier molecular flexibility index (Phi) is 11.0. The minimum Gasteiger partial charge on any atom is -1.00 e. The van der Waals surface area contributed by atoms with Crippen molar-refractivity contribution in [1.82, 2.24) is 0 Å². The Bertz CT molecular complexity index is 708. The second kappa shape index (κ2) is 13.0. The first-order valence-electron chi connectivity index (χ1n) is 9.20. The van der Waals surface area contributed by atoms with Crippen LogP contribution in [0.2, 0.25) is 0 Å². The lowest BCUT2D eigenvalue weighted by atomic mass is 10.2. The molecule has 2 aromatic rings. The smallest absolute Gasteiger partial charge is 0.338 e. The van der Waals surface area contributed by atoms with E-state index in [1.807, 2.05) is 37.5 Å². The van der Waals surface area contributed by atoms with Crippen LogP contribution in [0.4, 0.5) is 5.69 Å². The Hall–Kier alpha value is -2.21. The van der Waals surface area contributed by atoms with Crippen LogP contribution in [0.5, 0.6) is 0 Å². The third-order valence-electron chi connectivity index (χ3n) is 3.96. The molecule has 0 bridgehead atoms. The fraction of sp³-hybridized carbons (Fsp3) is 0.381. The standard InChI is InChI=1S/C21H26N2O3.BrH/c1-2-3-16-26-21(25)18-10-9-11-19(17-18)22-20(24)12-5-8-15-23-13-6-4-7-14-23;/h4,6-7,9-11,13-14,17H,2-3,5,8,12,15-16H2,1H3;1H. The summed E-state index contributed by atoms with van der Waals surface area (Å²) in [5.41, 5.74) is 1.08. The van der Waals surface area contributed by atoms with Gasteiger partial charge < -0.3 is 27.0 Å². The Morgan fingerprint density at radius 1 is 1.04 bits per heavy atom. The maximum Gasteiger partial charge on any atom is 0.338 e. The summed E-state index contributed by atoms with van der Waals surface area (Å²) in [5.74, 6) is -0.394. The Labute approximate surface area is 171 Å². The first-order chi connectivity index (χ1) is 12.7. The largest absolute Gasteiger partial charge is 1.00 e. The number of nitrogens with one attached hydrogen (secondary N) is 1. The number of amides is 1. The zero-order valence-corrected chi connectivity index (χ0v) is 17.3. The molecule has 2 rings (SSSR count). The average molecular weight is 435 g/mol. The van der Waals surface area contributed by atoms with Crippen molar-refractivity contribution >= 4 is 17.6 Å². The van der Waals surface area contributed by atoms with Gasteiger partial charge in [-0.3, -0.25) is 4.79 Å². The van der Waals surface area contributed by atoms with E-state index in [1.165, 1.54) is 0 Å². The maximum absolute atomic E-state index is 12.1. The molecular formula is C21H27BrN2O3. The van der Waals surface area contributed by atoms with Crippen LogP contribution in [0.25, 0.3) is 0 Å². The molecule has 0 fully saturated rings.